The summed E-state index contributed by atoms with van der Waals surface area (Å²) in [5.74, 6) is 0.524. The third kappa shape index (κ3) is 4.51. The third-order valence-electron chi connectivity index (χ3n) is 6.17. The summed E-state index contributed by atoms with van der Waals surface area (Å²) < 4.78 is 5.17. The summed E-state index contributed by atoms with van der Waals surface area (Å²) in [4.78, 5) is 27.4. The molecule has 2 amide bonds. The lowest BCUT2D eigenvalue weighted by atomic mass is 10.1. The van der Waals surface area contributed by atoms with Crippen molar-refractivity contribution >= 4 is 34.0 Å². The maximum Gasteiger partial charge on any atom is 0.271 e. The smallest absolute Gasteiger partial charge is 0.271 e. The molecule has 5 rings (SSSR count). The topological polar surface area (TPSA) is 71.0 Å². The van der Waals surface area contributed by atoms with Crippen molar-refractivity contribution in [2.45, 2.75) is 19.9 Å². The van der Waals surface area contributed by atoms with E-state index in [0.29, 0.717) is 18.5 Å². The second-order valence-corrected chi connectivity index (χ2v) is 8.58. The van der Waals surface area contributed by atoms with Gasteiger partial charge >= 0.3 is 0 Å². The Morgan fingerprint density at radius 3 is 2.31 bits per heavy atom. The van der Waals surface area contributed by atoms with E-state index in [4.69, 9.17) is 4.74 Å². The first-order valence-corrected chi connectivity index (χ1v) is 11.4. The number of carbonyl (C=O) groups is 2. The Hall–Kier alpha value is -4.45. The van der Waals surface area contributed by atoms with Crippen LogP contribution in [0.25, 0.3) is 10.8 Å². The summed E-state index contributed by atoms with van der Waals surface area (Å²) in [6.07, 6.45) is 0.627. The number of nitrogens with zero attached hydrogens (tertiary/aromatic N) is 2. The molecule has 1 aliphatic rings. The van der Waals surface area contributed by atoms with Crippen molar-refractivity contribution < 1.29 is 14.3 Å². The van der Waals surface area contributed by atoms with Crippen LogP contribution in [0, 0.1) is 0 Å². The molecule has 0 bridgehead atoms. The van der Waals surface area contributed by atoms with Crippen LogP contribution in [0.2, 0.25) is 0 Å². The molecule has 0 aromatic heterocycles. The number of rotatable bonds is 7. The Morgan fingerprint density at radius 2 is 1.60 bits per heavy atom. The number of hydrogen-bond donors (Lipinski definition) is 1. The predicted octanol–water partition coefficient (Wildman–Crippen LogP) is 5.36. The van der Waals surface area contributed by atoms with Gasteiger partial charge in [-0.1, -0.05) is 48.5 Å². The van der Waals surface area contributed by atoms with Crippen LogP contribution in [0.3, 0.4) is 0 Å². The zero-order valence-electron chi connectivity index (χ0n) is 19.6. The van der Waals surface area contributed by atoms with Gasteiger partial charge in [-0.05, 0) is 59.8 Å². The van der Waals surface area contributed by atoms with Gasteiger partial charge < -0.3 is 9.64 Å². The van der Waals surface area contributed by atoms with E-state index < -0.39 is 0 Å². The molecule has 0 saturated carbocycles. The molecule has 6 nitrogen and oxygen atoms in total. The largest absolute Gasteiger partial charge is 0.497 e. The number of ether oxygens (including phenoxy) is 1. The van der Waals surface area contributed by atoms with Crippen molar-refractivity contribution in [3.05, 3.63) is 107 Å². The SMILES string of the molecule is COc1ccc(CC(C)=NNC(=O)c2ccc(CN3C(=O)c4cccc5cccc3c45)cc2)cc1. The van der Waals surface area contributed by atoms with E-state index in [1.165, 1.54) is 0 Å². The standard InChI is InChI=1S/C29H25N3O3/c1-19(17-20-11-15-24(35-2)16-12-20)30-31-28(33)23-13-9-21(10-14-23)18-32-26-8-4-6-22-5-3-7-25(27(22)26)29(32)34/h3-16H,17-18H2,1-2H3,(H,31,33). The van der Waals surface area contributed by atoms with Crippen molar-refractivity contribution in [3.8, 4) is 5.75 Å². The van der Waals surface area contributed by atoms with Crippen LogP contribution in [0.5, 0.6) is 5.75 Å². The molecule has 0 aliphatic carbocycles. The highest BCUT2D eigenvalue weighted by molar-refractivity contribution is 6.24. The van der Waals surface area contributed by atoms with Crippen LogP contribution in [0.1, 0.15) is 38.8 Å². The zero-order valence-corrected chi connectivity index (χ0v) is 19.6. The molecule has 4 aromatic rings. The molecule has 0 fully saturated rings. The number of nitrogens with one attached hydrogen (secondary N) is 1. The zero-order chi connectivity index (χ0) is 24.4. The summed E-state index contributed by atoms with van der Waals surface area (Å²) >= 11 is 0. The minimum atomic E-state index is -0.278. The Kier molecular flexibility index (Phi) is 6.02. The molecule has 4 aromatic carbocycles. The Balaban J connectivity index is 1.23. The number of benzene rings is 4. The number of methoxy groups -OCH3 is 1. The Morgan fingerprint density at radius 1 is 0.914 bits per heavy atom. The number of hydrazone groups is 1. The van der Waals surface area contributed by atoms with E-state index in [2.05, 4.69) is 10.5 Å². The van der Waals surface area contributed by atoms with Gasteiger partial charge in [0.15, 0.2) is 0 Å². The average Bonchev–Trinajstić information content (AvgIpc) is 3.16. The van der Waals surface area contributed by atoms with E-state index in [9.17, 15) is 9.59 Å². The lowest BCUT2D eigenvalue weighted by Crippen LogP contribution is -2.26. The molecule has 0 spiro atoms. The highest BCUT2D eigenvalue weighted by Crippen LogP contribution is 2.37. The van der Waals surface area contributed by atoms with Gasteiger partial charge in [0.25, 0.3) is 11.8 Å². The summed E-state index contributed by atoms with van der Waals surface area (Å²) in [6.45, 7) is 2.31. The second kappa shape index (κ2) is 9.43. The highest BCUT2D eigenvalue weighted by Gasteiger charge is 2.29. The molecular weight excluding hydrogens is 438 g/mol. The van der Waals surface area contributed by atoms with Gasteiger partial charge in [-0.25, -0.2) is 5.43 Å². The average molecular weight is 464 g/mol. The fourth-order valence-electron chi connectivity index (χ4n) is 4.37. The van der Waals surface area contributed by atoms with Crippen LogP contribution in [0.15, 0.2) is 90.0 Å². The van der Waals surface area contributed by atoms with Crippen LogP contribution in [-0.2, 0) is 13.0 Å². The maximum absolute atomic E-state index is 13.0. The molecule has 1 aliphatic heterocycles. The fourth-order valence-corrected chi connectivity index (χ4v) is 4.37. The van der Waals surface area contributed by atoms with Gasteiger partial charge in [0.1, 0.15) is 5.75 Å². The number of carbonyl (C=O) groups excluding carboxylic acids is 2. The number of hydrogen-bond acceptors (Lipinski definition) is 4. The van der Waals surface area contributed by atoms with Crippen molar-refractivity contribution in [2.24, 2.45) is 5.10 Å². The first-order valence-electron chi connectivity index (χ1n) is 11.4. The lowest BCUT2D eigenvalue weighted by Gasteiger charge is -2.18. The molecule has 0 atom stereocenters. The van der Waals surface area contributed by atoms with Gasteiger partial charge in [0, 0.05) is 28.6 Å². The van der Waals surface area contributed by atoms with E-state index in [-0.39, 0.29) is 11.8 Å². The molecule has 1 heterocycles. The van der Waals surface area contributed by atoms with Crippen molar-refractivity contribution in [1.82, 2.24) is 5.43 Å². The molecule has 0 saturated heterocycles. The normalized spacial score (nSPS) is 12.8. The molecule has 0 radical (unpaired) electrons. The molecular formula is C29H25N3O3. The van der Waals surface area contributed by atoms with E-state index >= 15 is 0 Å². The van der Waals surface area contributed by atoms with Gasteiger partial charge in [-0.3, -0.25) is 9.59 Å². The van der Waals surface area contributed by atoms with E-state index in [0.717, 1.165) is 44.6 Å². The predicted molar refractivity (Wildman–Crippen MR) is 138 cm³/mol. The van der Waals surface area contributed by atoms with Gasteiger partial charge in [0.05, 0.1) is 19.3 Å². The second-order valence-electron chi connectivity index (χ2n) is 8.58. The summed E-state index contributed by atoms with van der Waals surface area (Å²) in [5.41, 5.74) is 7.61. The maximum atomic E-state index is 13.0. The van der Waals surface area contributed by atoms with Crippen LogP contribution >= 0.6 is 0 Å². The third-order valence-corrected chi connectivity index (χ3v) is 6.17. The van der Waals surface area contributed by atoms with Crippen molar-refractivity contribution in [3.63, 3.8) is 0 Å². The minimum absolute atomic E-state index is 0.000270. The molecule has 0 unspecified atom stereocenters. The number of anilines is 1. The van der Waals surface area contributed by atoms with E-state index in [1.807, 2.05) is 79.7 Å². The minimum Gasteiger partial charge on any atom is -0.497 e. The van der Waals surface area contributed by atoms with Gasteiger partial charge in [0.2, 0.25) is 0 Å². The summed E-state index contributed by atoms with van der Waals surface area (Å²) in [7, 11) is 1.63. The van der Waals surface area contributed by atoms with Crippen molar-refractivity contribution in [2.75, 3.05) is 12.0 Å². The van der Waals surface area contributed by atoms with Gasteiger partial charge in [-0.2, -0.15) is 5.10 Å². The molecule has 6 heteroatoms. The quantitative estimate of drug-likeness (QED) is 0.296. The van der Waals surface area contributed by atoms with Crippen LogP contribution < -0.4 is 15.1 Å². The Labute approximate surface area is 203 Å². The summed E-state index contributed by atoms with van der Waals surface area (Å²) in [5, 5.41) is 6.29. The lowest BCUT2D eigenvalue weighted by molar-refractivity contribution is 0.0952. The Bertz CT molecular complexity index is 1440. The van der Waals surface area contributed by atoms with Crippen LogP contribution in [0.4, 0.5) is 5.69 Å². The molecule has 1 N–H and O–H groups in total. The molecule has 174 valence electrons. The van der Waals surface area contributed by atoms with Gasteiger partial charge in [-0.15, -0.1) is 0 Å². The number of amides is 2. The first-order chi connectivity index (χ1) is 17.0. The molecule has 35 heavy (non-hydrogen) atoms. The fraction of sp³-hybridized carbons (Fsp3) is 0.138. The summed E-state index contributed by atoms with van der Waals surface area (Å²) in [6, 6.07) is 26.8. The van der Waals surface area contributed by atoms with Crippen LogP contribution in [-0.4, -0.2) is 24.6 Å². The van der Waals surface area contributed by atoms with E-state index in [1.54, 1.807) is 24.1 Å². The highest BCUT2D eigenvalue weighted by atomic mass is 16.5. The van der Waals surface area contributed by atoms with Crippen molar-refractivity contribution in [1.29, 1.82) is 0 Å². The monoisotopic (exact) mass is 463 g/mol. The first kappa shape index (κ1) is 22.3.